The summed E-state index contributed by atoms with van der Waals surface area (Å²) in [4.78, 5) is 12.5. The van der Waals surface area contributed by atoms with E-state index in [1.54, 1.807) is 17.5 Å². The molecule has 3 rings (SSSR count). The zero-order chi connectivity index (χ0) is 15.1. The molecule has 1 aromatic heterocycles. The topological polar surface area (TPSA) is 17.1 Å². The van der Waals surface area contributed by atoms with Crippen LogP contribution >= 0.6 is 43.2 Å². The summed E-state index contributed by atoms with van der Waals surface area (Å²) in [6.07, 6.45) is 0. The van der Waals surface area contributed by atoms with Crippen LogP contribution in [0.25, 0.3) is 10.1 Å². The van der Waals surface area contributed by atoms with E-state index in [2.05, 4.69) is 31.9 Å². The molecule has 0 aliphatic heterocycles. The van der Waals surface area contributed by atoms with E-state index in [0.717, 1.165) is 21.3 Å². The van der Waals surface area contributed by atoms with Gasteiger partial charge in [0.25, 0.3) is 0 Å². The summed E-state index contributed by atoms with van der Waals surface area (Å²) in [5.74, 6) is -2.40. The Morgan fingerprint density at radius 2 is 1.76 bits per heavy atom. The highest BCUT2D eigenvalue weighted by Gasteiger charge is 2.22. The Kier molecular flexibility index (Phi) is 3.94. The van der Waals surface area contributed by atoms with E-state index in [0.29, 0.717) is 10.9 Å². The van der Waals surface area contributed by atoms with Crippen LogP contribution in [0.2, 0.25) is 0 Å². The van der Waals surface area contributed by atoms with Crippen LogP contribution in [0.3, 0.4) is 0 Å². The molecular formula is C15H6Br2F2OS. The summed E-state index contributed by atoms with van der Waals surface area (Å²) in [6, 6.07) is 7.57. The van der Waals surface area contributed by atoms with Gasteiger partial charge in [0.15, 0.2) is 5.78 Å². The number of thiophene rings is 1. The Bertz CT molecular complexity index is 850. The van der Waals surface area contributed by atoms with Gasteiger partial charge in [0.05, 0.1) is 5.56 Å². The standard InChI is InChI=1S/C15H6Br2F2OS/c16-7-4-11(18)13(12(19)5-7)14(20)9-6-21-15-8(9)2-1-3-10(15)17/h1-6H. The maximum atomic E-state index is 13.9. The van der Waals surface area contributed by atoms with Crippen molar-refractivity contribution in [3.8, 4) is 0 Å². The Morgan fingerprint density at radius 3 is 2.43 bits per heavy atom. The van der Waals surface area contributed by atoms with Crippen LogP contribution in [0.15, 0.2) is 44.7 Å². The second-order valence-corrected chi connectivity index (χ2v) is 6.99. The average Bonchev–Trinajstić information content (AvgIpc) is 2.82. The fraction of sp³-hybridized carbons (Fsp3) is 0. The largest absolute Gasteiger partial charge is 0.288 e. The summed E-state index contributed by atoms with van der Waals surface area (Å²) >= 11 is 7.75. The maximum absolute atomic E-state index is 13.9. The second-order valence-electron chi connectivity index (χ2n) is 4.34. The van der Waals surface area contributed by atoms with Crippen molar-refractivity contribution in [2.45, 2.75) is 0 Å². The van der Waals surface area contributed by atoms with Crippen LogP contribution in [0, 0.1) is 11.6 Å². The molecule has 0 spiro atoms. The number of fused-ring (bicyclic) bond motifs is 1. The Balaban J connectivity index is 2.20. The maximum Gasteiger partial charge on any atom is 0.200 e. The normalized spacial score (nSPS) is 11.0. The minimum absolute atomic E-state index is 0.256. The minimum atomic E-state index is -0.874. The highest BCUT2D eigenvalue weighted by Crippen LogP contribution is 2.34. The fourth-order valence-corrected chi connectivity index (χ4v) is 4.10. The predicted octanol–water partition coefficient (Wildman–Crippen LogP) is 5.94. The Hall–Kier alpha value is -1.11. The molecule has 0 fully saturated rings. The Morgan fingerprint density at radius 1 is 1.10 bits per heavy atom. The van der Waals surface area contributed by atoms with E-state index >= 15 is 0 Å². The van der Waals surface area contributed by atoms with E-state index in [1.165, 1.54) is 11.3 Å². The van der Waals surface area contributed by atoms with Gasteiger partial charge in [-0.1, -0.05) is 28.1 Å². The molecule has 0 aliphatic rings. The van der Waals surface area contributed by atoms with Crippen molar-refractivity contribution >= 4 is 59.1 Å². The molecule has 0 amide bonds. The van der Waals surface area contributed by atoms with Crippen LogP contribution in [0.5, 0.6) is 0 Å². The summed E-state index contributed by atoms with van der Waals surface area (Å²) in [5, 5.41) is 2.31. The van der Waals surface area contributed by atoms with Crippen molar-refractivity contribution in [2.75, 3.05) is 0 Å². The zero-order valence-corrected chi connectivity index (χ0v) is 14.3. The molecular weight excluding hydrogens is 426 g/mol. The first-order valence-corrected chi connectivity index (χ1v) is 8.30. The lowest BCUT2D eigenvalue weighted by Crippen LogP contribution is -2.07. The summed E-state index contributed by atoms with van der Waals surface area (Å²) in [5.41, 5.74) is -0.228. The van der Waals surface area contributed by atoms with Crippen molar-refractivity contribution in [1.82, 2.24) is 0 Å². The molecule has 3 aromatic rings. The van der Waals surface area contributed by atoms with Crippen molar-refractivity contribution in [3.63, 3.8) is 0 Å². The van der Waals surface area contributed by atoms with Crippen LogP contribution in [-0.4, -0.2) is 5.78 Å². The molecule has 0 aliphatic carbocycles. The van der Waals surface area contributed by atoms with E-state index < -0.39 is 23.0 Å². The summed E-state index contributed by atoms with van der Waals surface area (Å²) in [6.45, 7) is 0. The van der Waals surface area contributed by atoms with Gasteiger partial charge in [-0.3, -0.25) is 4.79 Å². The van der Waals surface area contributed by atoms with Crippen molar-refractivity contribution in [2.24, 2.45) is 0 Å². The average molecular weight is 432 g/mol. The lowest BCUT2D eigenvalue weighted by Gasteiger charge is -2.04. The molecule has 1 heterocycles. The zero-order valence-electron chi connectivity index (χ0n) is 10.3. The molecule has 0 atom stereocenters. The number of hydrogen-bond donors (Lipinski definition) is 0. The molecule has 1 nitrogen and oxygen atoms in total. The first-order valence-electron chi connectivity index (χ1n) is 5.84. The Labute approximate surface area is 139 Å². The lowest BCUT2D eigenvalue weighted by molar-refractivity contribution is 0.103. The van der Waals surface area contributed by atoms with Crippen LogP contribution in [0.4, 0.5) is 8.78 Å². The van der Waals surface area contributed by atoms with Gasteiger partial charge in [-0.05, 0) is 34.1 Å². The van der Waals surface area contributed by atoms with E-state index in [-0.39, 0.29) is 4.47 Å². The third kappa shape index (κ3) is 2.56. The number of ketones is 1. The molecule has 21 heavy (non-hydrogen) atoms. The van der Waals surface area contributed by atoms with Gasteiger partial charge in [0.2, 0.25) is 0 Å². The van der Waals surface area contributed by atoms with Crippen LogP contribution in [-0.2, 0) is 0 Å². The van der Waals surface area contributed by atoms with Crippen molar-refractivity contribution in [3.05, 3.63) is 67.4 Å². The van der Waals surface area contributed by atoms with Crippen LogP contribution < -0.4 is 0 Å². The quantitative estimate of drug-likeness (QED) is 0.459. The SMILES string of the molecule is O=C(c1c(F)cc(Br)cc1F)c1csc2c(Br)cccc12. The van der Waals surface area contributed by atoms with Gasteiger partial charge in [0.1, 0.15) is 11.6 Å². The molecule has 6 heteroatoms. The third-order valence-electron chi connectivity index (χ3n) is 3.03. The first-order chi connectivity index (χ1) is 9.99. The van der Waals surface area contributed by atoms with Crippen molar-refractivity contribution in [1.29, 1.82) is 0 Å². The summed E-state index contributed by atoms with van der Waals surface area (Å²) in [7, 11) is 0. The monoisotopic (exact) mass is 430 g/mol. The van der Waals surface area contributed by atoms with Gasteiger partial charge >= 0.3 is 0 Å². The number of hydrogen-bond acceptors (Lipinski definition) is 2. The molecule has 0 saturated heterocycles. The van der Waals surface area contributed by atoms with E-state index in [9.17, 15) is 13.6 Å². The van der Waals surface area contributed by atoms with Gasteiger partial charge in [-0.2, -0.15) is 0 Å². The van der Waals surface area contributed by atoms with Crippen molar-refractivity contribution < 1.29 is 13.6 Å². The predicted molar refractivity (Wildman–Crippen MR) is 87.0 cm³/mol. The summed E-state index contributed by atoms with van der Waals surface area (Å²) < 4.78 is 29.9. The number of benzene rings is 2. The molecule has 106 valence electrons. The smallest absolute Gasteiger partial charge is 0.200 e. The lowest BCUT2D eigenvalue weighted by atomic mass is 10.0. The van der Waals surface area contributed by atoms with Gasteiger partial charge in [-0.25, -0.2) is 8.78 Å². The first kappa shape index (κ1) is 14.8. The van der Waals surface area contributed by atoms with E-state index in [1.807, 2.05) is 6.07 Å². The highest BCUT2D eigenvalue weighted by molar-refractivity contribution is 9.11. The molecule has 0 bridgehead atoms. The number of rotatable bonds is 2. The second kappa shape index (κ2) is 5.59. The molecule has 0 N–H and O–H groups in total. The molecule has 0 radical (unpaired) electrons. The number of halogens is 4. The molecule has 0 unspecified atom stereocenters. The van der Waals surface area contributed by atoms with Crippen LogP contribution in [0.1, 0.15) is 15.9 Å². The van der Waals surface area contributed by atoms with Gasteiger partial charge in [0, 0.05) is 30.0 Å². The number of carbonyl (C=O) groups excluding carboxylic acids is 1. The van der Waals surface area contributed by atoms with E-state index in [4.69, 9.17) is 0 Å². The minimum Gasteiger partial charge on any atom is -0.288 e. The van der Waals surface area contributed by atoms with Gasteiger partial charge in [-0.15, -0.1) is 11.3 Å². The number of carbonyl (C=O) groups is 1. The molecule has 2 aromatic carbocycles. The molecule has 0 saturated carbocycles. The fourth-order valence-electron chi connectivity index (χ4n) is 2.09. The highest BCUT2D eigenvalue weighted by atomic mass is 79.9. The van der Waals surface area contributed by atoms with Gasteiger partial charge < -0.3 is 0 Å². The third-order valence-corrected chi connectivity index (χ3v) is 5.44.